The predicted molar refractivity (Wildman–Crippen MR) is 96.1 cm³/mol. The Labute approximate surface area is 149 Å². The lowest BCUT2D eigenvalue weighted by molar-refractivity contribution is -0.0166. The highest BCUT2D eigenvalue weighted by molar-refractivity contribution is 5.92. The third-order valence-electron chi connectivity index (χ3n) is 6.08. The van der Waals surface area contributed by atoms with Crippen LogP contribution in [0.4, 0.5) is 10.5 Å². The maximum atomic E-state index is 12.9. The van der Waals surface area contributed by atoms with Gasteiger partial charge in [0.2, 0.25) is 0 Å². The zero-order chi connectivity index (χ0) is 17.4. The fraction of sp³-hybridized carbons (Fsp3) is 0.632. The summed E-state index contributed by atoms with van der Waals surface area (Å²) in [6.07, 6.45) is 4.11. The number of hydrogen-bond donors (Lipinski definition) is 1. The predicted octanol–water partition coefficient (Wildman–Crippen LogP) is 2.86. The van der Waals surface area contributed by atoms with Gasteiger partial charge in [0.05, 0.1) is 18.4 Å². The highest BCUT2D eigenvalue weighted by Gasteiger charge is 2.48. The van der Waals surface area contributed by atoms with Crippen molar-refractivity contribution in [2.75, 3.05) is 45.7 Å². The normalized spacial score (nSPS) is 25.0. The van der Waals surface area contributed by atoms with Crippen molar-refractivity contribution in [2.24, 2.45) is 0 Å². The summed E-state index contributed by atoms with van der Waals surface area (Å²) in [6, 6.07) is 5.87. The molecule has 1 aromatic carbocycles. The molecule has 1 spiro atoms. The van der Waals surface area contributed by atoms with E-state index < -0.39 is 0 Å². The molecular formula is C19H27N3O3. The number of piperidine rings is 1. The van der Waals surface area contributed by atoms with Gasteiger partial charge in [-0.05, 0) is 32.4 Å². The lowest BCUT2D eigenvalue weighted by atomic mass is 9.76. The van der Waals surface area contributed by atoms with Gasteiger partial charge in [-0.3, -0.25) is 0 Å². The van der Waals surface area contributed by atoms with Gasteiger partial charge in [-0.15, -0.1) is 0 Å². The van der Waals surface area contributed by atoms with Gasteiger partial charge >= 0.3 is 6.03 Å². The first-order valence-electron chi connectivity index (χ1n) is 9.19. The van der Waals surface area contributed by atoms with Gasteiger partial charge in [0.15, 0.2) is 0 Å². The Bertz CT molecular complexity index is 655. The van der Waals surface area contributed by atoms with E-state index in [-0.39, 0.29) is 17.7 Å². The summed E-state index contributed by atoms with van der Waals surface area (Å²) in [5, 5.41) is 3.09. The molecule has 3 aliphatic rings. The minimum absolute atomic E-state index is 0.00709. The average Bonchev–Trinajstić information content (AvgIpc) is 2.61. The quantitative estimate of drug-likeness (QED) is 0.895. The van der Waals surface area contributed by atoms with Crippen molar-refractivity contribution in [1.29, 1.82) is 0 Å². The summed E-state index contributed by atoms with van der Waals surface area (Å²) in [7, 11) is 3.87. The van der Waals surface area contributed by atoms with E-state index in [1.807, 2.05) is 23.1 Å². The van der Waals surface area contributed by atoms with Gasteiger partial charge in [-0.2, -0.15) is 0 Å². The van der Waals surface area contributed by atoms with Gasteiger partial charge in [0, 0.05) is 44.3 Å². The van der Waals surface area contributed by atoms with Crippen LogP contribution in [0.5, 0.6) is 5.75 Å². The second-order valence-corrected chi connectivity index (χ2v) is 7.44. The molecule has 4 rings (SSSR count). The van der Waals surface area contributed by atoms with Crippen molar-refractivity contribution in [2.45, 2.75) is 37.3 Å². The van der Waals surface area contributed by atoms with Crippen LogP contribution in [-0.4, -0.2) is 61.8 Å². The fourth-order valence-electron chi connectivity index (χ4n) is 4.33. The van der Waals surface area contributed by atoms with Crippen molar-refractivity contribution in [1.82, 2.24) is 9.80 Å². The van der Waals surface area contributed by atoms with E-state index in [2.05, 4.69) is 17.3 Å². The number of hydrogen-bond acceptors (Lipinski definition) is 4. The van der Waals surface area contributed by atoms with Crippen molar-refractivity contribution in [3.05, 3.63) is 23.8 Å². The van der Waals surface area contributed by atoms with Crippen molar-refractivity contribution in [3.63, 3.8) is 0 Å². The maximum Gasteiger partial charge on any atom is 0.322 e. The largest absolute Gasteiger partial charge is 0.491 e. The molecule has 3 heterocycles. The number of anilines is 1. The maximum absolute atomic E-state index is 12.9. The molecule has 1 aromatic rings. The van der Waals surface area contributed by atoms with Crippen LogP contribution in [-0.2, 0) is 4.74 Å². The molecule has 6 heteroatoms. The Morgan fingerprint density at radius 3 is 2.72 bits per heavy atom. The third kappa shape index (κ3) is 2.87. The Balaban J connectivity index is 1.50. The molecule has 1 N–H and O–H groups in total. The third-order valence-corrected chi connectivity index (χ3v) is 6.08. The van der Waals surface area contributed by atoms with E-state index in [4.69, 9.17) is 9.47 Å². The molecule has 2 saturated heterocycles. The molecule has 25 heavy (non-hydrogen) atoms. The molecule has 3 aliphatic heterocycles. The first-order chi connectivity index (χ1) is 12.1. The summed E-state index contributed by atoms with van der Waals surface area (Å²) >= 11 is 0. The Hall–Kier alpha value is -1.79. The lowest BCUT2D eigenvalue weighted by Gasteiger charge is -2.56. The van der Waals surface area contributed by atoms with Crippen LogP contribution in [0.3, 0.4) is 0 Å². The molecule has 136 valence electrons. The molecule has 0 bridgehead atoms. The number of carbonyl (C=O) groups excluding carboxylic acids is 1. The number of likely N-dealkylation sites (tertiary alicyclic amines) is 2. The molecular weight excluding hydrogens is 318 g/mol. The van der Waals surface area contributed by atoms with E-state index in [0.717, 1.165) is 62.3 Å². The molecule has 2 amide bonds. The number of nitrogens with one attached hydrogen (secondary N) is 1. The zero-order valence-electron chi connectivity index (χ0n) is 15.1. The van der Waals surface area contributed by atoms with E-state index in [1.165, 1.54) is 0 Å². The Morgan fingerprint density at radius 1 is 1.28 bits per heavy atom. The van der Waals surface area contributed by atoms with Crippen molar-refractivity contribution < 1.29 is 14.3 Å². The van der Waals surface area contributed by atoms with Crippen LogP contribution in [0.15, 0.2) is 18.2 Å². The second kappa shape index (κ2) is 6.50. The molecule has 6 nitrogen and oxygen atoms in total. The number of benzene rings is 1. The number of fused-ring (bicyclic) bond motifs is 1. The van der Waals surface area contributed by atoms with Gasteiger partial charge in [-0.25, -0.2) is 4.79 Å². The minimum atomic E-state index is -0.00709. The van der Waals surface area contributed by atoms with E-state index in [0.29, 0.717) is 6.61 Å². The Kier molecular flexibility index (Phi) is 4.33. The summed E-state index contributed by atoms with van der Waals surface area (Å²) in [4.78, 5) is 17.3. The van der Waals surface area contributed by atoms with E-state index in [1.54, 1.807) is 7.11 Å². The number of ether oxygens (including phenoxy) is 2. The van der Waals surface area contributed by atoms with Crippen molar-refractivity contribution in [3.8, 4) is 5.75 Å². The lowest BCUT2D eigenvalue weighted by Crippen LogP contribution is -2.66. The number of amides is 2. The molecule has 0 saturated carbocycles. The van der Waals surface area contributed by atoms with Crippen LogP contribution in [0.25, 0.3) is 0 Å². The second-order valence-electron chi connectivity index (χ2n) is 7.44. The Morgan fingerprint density at radius 2 is 2.04 bits per heavy atom. The summed E-state index contributed by atoms with van der Waals surface area (Å²) in [6.45, 7) is 3.57. The summed E-state index contributed by atoms with van der Waals surface area (Å²) < 4.78 is 11.4. The number of nitrogens with zero attached hydrogens (tertiary/aromatic N) is 2. The van der Waals surface area contributed by atoms with Crippen LogP contribution in [0.2, 0.25) is 0 Å². The number of methoxy groups -OCH3 is 1. The van der Waals surface area contributed by atoms with Crippen molar-refractivity contribution >= 4 is 11.7 Å². The van der Waals surface area contributed by atoms with Crippen LogP contribution < -0.4 is 10.1 Å². The highest BCUT2D eigenvalue weighted by atomic mass is 16.5. The zero-order valence-corrected chi connectivity index (χ0v) is 15.1. The molecule has 0 aliphatic carbocycles. The molecule has 2 fully saturated rings. The van der Waals surface area contributed by atoms with Gasteiger partial charge in [0.1, 0.15) is 5.75 Å². The monoisotopic (exact) mass is 345 g/mol. The van der Waals surface area contributed by atoms with Crippen LogP contribution in [0, 0.1) is 0 Å². The first-order valence-corrected chi connectivity index (χ1v) is 9.19. The highest BCUT2D eigenvalue weighted by Crippen LogP contribution is 2.42. The molecule has 1 atom stereocenters. The molecule has 0 aromatic heterocycles. The number of rotatable bonds is 2. The van der Waals surface area contributed by atoms with E-state index >= 15 is 0 Å². The summed E-state index contributed by atoms with van der Waals surface area (Å²) in [5.41, 5.74) is 1.82. The van der Waals surface area contributed by atoms with Gasteiger partial charge in [-0.1, -0.05) is 12.1 Å². The topological polar surface area (TPSA) is 54.0 Å². The average molecular weight is 345 g/mol. The summed E-state index contributed by atoms with van der Waals surface area (Å²) in [5.74, 6) is 0.756. The standard InChI is InChI=1S/C19H27N3O3/c1-21-10-7-19(8-11-21)9-12-22(19)18(23)20-15-5-3-4-14-16(24-2)6-13-25-17(14)15/h3-5,16H,6-13H2,1-2H3,(H,20,23). The number of urea groups is 1. The number of para-hydroxylation sites is 1. The van der Waals surface area contributed by atoms with Gasteiger partial charge in [0.25, 0.3) is 0 Å². The molecule has 1 unspecified atom stereocenters. The molecule has 0 radical (unpaired) electrons. The smallest absolute Gasteiger partial charge is 0.322 e. The fourth-order valence-corrected chi connectivity index (χ4v) is 4.33. The number of carbonyl (C=O) groups is 1. The minimum Gasteiger partial charge on any atom is -0.491 e. The van der Waals surface area contributed by atoms with Crippen LogP contribution >= 0.6 is 0 Å². The van der Waals surface area contributed by atoms with Crippen LogP contribution in [0.1, 0.15) is 37.4 Å². The van der Waals surface area contributed by atoms with Gasteiger partial charge < -0.3 is 24.6 Å². The SMILES string of the molecule is COC1CCOc2c(NC(=O)N3CCC34CCN(C)CC4)cccc21. The first kappa shape index (κ1) is 16.7. The van der Waals surface area contributed by atoms with E-state index in [9.17, 15) is 4.79 Å².